The summed E-state index contributed by atoms with van der Waals surface area (Å²) in [5.74, 6) is 1.04. The molecule has 0 aliphatic carbocycles. The number of ether oxygens (including phenoxy) is 4. The van der Waals surface area contributed by atoms with Gasteiger partial charge in [-0.15, -0.1) is 0 Å². The van der Waals surface area contributed by atoms with Crippen molar-refractivity contribution in [3.8, 4) is 11.5 Å². The van der Waals surface area contributed by atoms with E-state index in [9.17, 15) is 23.1 Å². The number of aliphatic hydroxyl groups excluding tert-OH is 1. The molecule has 56 heavy (non-hydrogen) atoms. The number of piperidine rings is 1. The van der Waals surface area contributed by atoms with Crippen LogP contribution in [0.25, 0.3) is 0 Å². The average molecular weight is 788 g/mol. The van der Waals surface area contributed by atoms with Gasteiger partial charge in [0.1, 0.15) is 30.3 Å². The van der Waals surface area contributed by atoms with Gasteiger partial charge in [0.15, 0.2) is 0 Å². The summed E-state index contributed by atoms with van der Waals surface area (Å²) in [6.07, 6.45) is -1.25. The van der Waals surface area contributed by atoms with Crippen LogP contribution in [0.5, 0.6) is 11.5 Å². The Morgan fingerprint density at radius 1 is 0.821 bits per heavy atom. The molecule has 13 heteroatoms. The number of carbonyl (C=O) groups is 2. The Balaban J connectivity index is 1.31. The molecule has 0 radical (unpaired) electrons. The van der Waals surface area contributed by atoms with Gasteiger partial charge in [-0.05, 0) is 99.0 Å². The molecule has 1 aliphatic rings. The normalized spacial score (nSPS) is 14.8. The smallest absolute Gasteiger partial charge is 0.410 e. The van der Waals surface area contributed by atoms with Crippen LogP contribution in [0, 0.1) is 5.92 Å². The molecule has 0 saturated carbocycles. The Labute approximate surface area is 330 Å². The molecule has 1 saturated heterocycles. The molecule has 2 atom stereocenters. The van der Waals surface area contributed by atoms with E-state index in [4.69, 9.17) is 18.9 Å². The van der Waals surface area contributed by atoms with Crippen LogP contribution in [0.15, 0.2) is 114 Å². The first-order valence-corrected chi connectivity index (χ1v) is 20.3. The lowest BCUT2D eigenvalue weighted by molar-refractivity contribution is 0.0392. The van der Waals surface area contributed by atoms with E-state index in [1.54, 1.807) is 37.8 Å². The van der Waals surface area contributed by atoms with Gasteiger partial charge in [0.25, 0.3) is 0 Å². The number of carbonyl (C=O) groups excluding carboxylic acids is 2. The Bertz CT molecular complexity index is 1930. The molecule has 4 aromatic rings. The molecule has 2 N–H and O–H groups in total. The van der Waals surface area contributed by atoms with Gasteiger partial charge in [-0.1, -0.05) is 72.8 Å². The van der Waals surface area contributed by atoms with Crippen LogP contribution in [0.3, 0.4) is 0 Å². The lowest BCUT2D eigenvalue weighted by Gasteiger charge is -2.35. The van der Waals surface area contributed by atoms with Crippen molar-refractivity contribution in [2.75, 3.05) is 33.3 Å². The van der Waals surface area contributed by atoms with Crippen LogP contribution < -0.4 is 14.8 Å². The number of aliphatic hydroxyl groups is 1. The van der Waals surface area contributed by atoms with Gasteiger partial charge in [-0.25, -0.2) is 18.0 Å². The zero-order valence-electron chi connectivity index (χ0n) is 32.5. The van der Waals surface area contributed by atoms with Gasteiger partial charge in [0.2, 0.25) is 10.0 Å². The summed E-state index contributed by atoms with van der Waals surface area (Å²) in [4.78, 5) is 27.6. The fourth-order valence-electron chi connectivity index (χ4n) is 6.36. The molecular formula is C43H53N3O9S. The predicted octanol–water partition coefficient (Wildman–Crippen LogP) is 6.81. The molecule has 300 valence electrons. The third-order valence-corrected chi connectivity index (χ3v) is 11.3. The first-order chi connectivity index (χ1) is 26.8. The number of likely N-dealkylation sites (tertiary alicyclic amines) is 1. The van der Waals surface area contributed by atoms with E-state index in [-0.39, 0.29) is 36.9 Å². The van der Waals surface area contributed by atoms with Crippen molar-refractivity contribution in [1.82, 2.24) is 14.5 Å². The summed E-state index contributed by atoms with van der Waals surface area (Å²) in [6.45, 7) is 6.35. The number of hydrogen-bond donors (Lipinski definition) is 2. The second-order valence-corrected chi connectivity index (χ2v) is 16.8. The summed E-state index contributed by atoms with van der Waals surface area (Å²) in [5.41, 5.74) is 1.90. The zero-order valence-corrected chi connectivity index (χ0v) is 33.3. The first kappa shape index (κ1) is 42.0. The number of amides is 2. The van der Waals surface area contributed by atoms with E-state index >= 15 is 0 Å². The summed E-state index contributed by atoms with van der Waals surface area (Å²) in [7, 11) is -2.64. The minimum Gasteiger partial charge on any atom is -0.497 e. The van der Waals surface area contributed by atoms with Gasteiger partial charge < -0.3 is 34.3 Å². The number of nitrogens with one attached hydrogen (secondary N) is 1. The lowest BCUT2D eigenvalue weighted by Crippen LogP contribution is -2.52. The number of nitrogens with zero attached hydrogens (tertiary/aromatic N) is 2. The second-order valence-electron chi connectivity index (χ2n) is 14.9. The Morgan fingerprint density at radius 2 is 1.39 bits per heavy atom. The number of hydrogen-bond acceptors (Lipinski definition) is 9. The molecule has 12 nitrogen and oxygen atoms in total. The van der Waals surface area contributed by atoms with Crippen molar-refractivity contribution >= 4 is 22.2 Å². The van der Waals surface area contributed by atoms with Crippen molar-refractivity contribution in [2.45, 2.75) is 75.9 Å². The van der Waals surface area contributed by atoms with E-state index in [0.717, 1.165) is 16.7 Å². The minimum atomic E-state index is -4.14. The molecule has 0 aromatic heterocycles. The lowest BCUT2D eigenvalue weighted by atomic mass is 9.96. The highest BCUT2D eigenvalue weighted by Gasteiger charge is 2.35. The highest BCUT2D eigenvalue weighted by Crippen LogP contribution is 2.26. The van der Waals surface area contributed by atoms with Crippen molar-refractivity contribution in [3.05, 3.63) is 126 Å². The summed E-state index contributed by atoms with van der Waals surface area (Å²) >= 11 is 0. The third kappa shape index (κ3) is 12.7. The molecule has 2 amide bonds. The zero-order chi connectivity index (χ0) is 40.1. The van der Waals surface area contributed by atoms with E-state index < -0.39 is 40.0 Å². The topological polar surface area (TPSA) is 144 Å². The number of rotatable bonds is 16. The largest absolute Gasteiger partial charge is 0.497 e. The molecule has 4 aromatic carbocycles. The Hall–Kier alpha value is -5.11. The van der Waals surface area contributed by atoms with Crippen LogP contribution in [0.1, 0.15) is 50.3 Å². The van der Waals surface area contributed by atoms with E-state index in [1.807, 2.05) is 84.9 Å². The fourth-order valence-corrected chi connectivity index (χ4v) is 7.89. The Kier molecular flexibility index (Phi) is 14.8. The standard InChI is InChI=1S/C43H53N3O9S/c1-43(2,3)55-41(48)44-39(27-32-15-17-37(18-16-32)53-30-34-11-7-5-8-12-34)40(47)29-46(56(50,51)38-21-19-36(52-4)20-22-38)28-33-23-25-45(26-24-33)42(49)54-31-35-13-9-6-10-14-35/h5-22,33,39-40,47H,23-31H2,1-4H3,(H,44,48)/t39-,40+/m0/s1. The average Bonchev–Trinajstić information content (AvgIpc) is 3.19. The molecule has 0 unspecified atom stereocenters. The highest BCUT2D eigenvalue weighted by molar-refractivity contribution is 7.89. The first-order valence-electron chi connectivity index (χ1n) is 18.8. The van der Waals surface area contributed by atoms with E-state index in [0.29, 0.717) is 44.0 Å². The molecule has 1 fully saturated rings. The maximum absolute atomic E-state index is 14.3. The van der Waals surface area contributed by atoms with Crippen LogP contribution in [-0.2, 0) is 39.1 Å². The molecule has 1 heterocycles. The van der Waals surface area contributed by atoms with Gasteiger partial charge in [0, 0.05) is 26.2 Å². The quantitative estimate of drug-likeness (QED) is 0.125. The van der Waals surface area contributed by atoms with Crippen LogP contribution in [0.4, 0.5) is 9.59 Å². The van der Waals surface area contributed by atoms with Crippen molar-refractivity contribution in [1.29, 1.82) is 0 Å². The van der Waals surface area contributed by atoms with E-state index in [2.05, 4.69) is 5.32 Å². The number of alkyl carbamates (subject to hydrolysis) is 1. The predicted molar refractivity (Wildman–Crippen MR) is 213 cm³/mol. The molecule has 0 spiro atoms. The third-order valence-electron chi connectivity index (χ3n) is 9.42. The van der Waals surface area contributed by atoms with Crippen LogP contribution in [-0.4, -0.2) is 86.0 Å². The maximum Gasteiger partial charge on any atom is 0.410 e. The van der Waals surface area contributed by atoms with E-state index in [1.165, 1.54) is 23.5 Å². The van der Waals surface area contributed by atoms with Crippen molar-refractivity contribution in [3.63, 3.8) is 0 Å². The van der Waals surface area contributed by atoms with Gasteiger partial charge in [-0.3, -0.25) is 0 Å². The van der Waals surface area contributed by atoms with Gasteiger partial charge in [0.05, 0.1) is 24.2 Å². The summed E-state index contributed by atoms with van der Waals surface area (Å²) in [5, 5.41) is 14.7. The van der Waals surface area contributed by atoms with Gasteiger partial charge in [-0.2, -0.15) is 4.31 Å². The van der Waals surface area contributed by atoms with Crippen LogP contribution >= 0.6 is 0 Å². The SMILES string of the molecule is COc1ccc(S(=O)(=O)N(CC2CCN(C(=O)OCc3ccccc3)CC2)C[C@@H](O)[C@H](Cc2ccc(OCc3ccccc3)cc2)NC(=O)OC(C)(C)C)cc1. The monoisotopic (exact) mass is 787 g/mol. The molecule has 1 aliphatic heterocycles. The number of sulfonamides is 1. The fraction of sp³-hybridized carbons (Fsp3) is 0.395. The highest BCUT2D eigenvalue weighted by atomic mass is 32.2. The molecule has 0 bridgehead atoms. The minimum absolute atomic E-state index is 0.0372. The van der Waals surface area contributed by atoms with Gasteiger partial charge >= 0.3 is 12.2 Å². The van der Waals surface area contributed by atoms with Crippen molar-refractivity contribution < 1.29 is 42.1 Å². The number of methoxy groups -OCH3 is 1. The molecule has 5 rings (SSSR count). The van der Waals surface area contributed by atoms with Crippen LogP contribution in [0.2, 0.25) is 0 Å². The second kappa shape index (κ2) is 19.7. The summed E-state index contributed by atoms with van der Waals surface area (Å²) in [6, 6.07) is 31.7. The maximum atomic E-state index is 14.3. The van der Waals surface area contributed by atoms with Crippen molar-refractivity contribution in [2.24, 2.45) is 5.92 Å². The number of benzene rings is 4. The molecular weight excluding hydrogens is 735 g/mol. The Morgan fingerprint density at radius 3 is 1.96 bits per heavy atom. The summed E-state index contributed by atoms with van der Waals surface area (Å²) < 4.78 is 52.1.